The summed E-state index contributed by atoms with van der Waals surface area (Å²) in [5, 5.41) is 12.8. The number of halogens is 1. The van der Waals surface area contributed by atoms with Gasteiger partial charge in [0, 0.05) is 16.3 Å². The van der Waals surface area contributed by atoms with Crippen LogP contribution in [0.25, 0.3) is 6.08 Å². The van der Waals surface area contributed by atoms with E-state index in [1.165, 1.54) is 6.08 Å². The molecule has 150 valence electrons. The molecule has 0 radical (unpaired) electrons. The number of carbonyl (C=O) groups excluding carboxylic acids is 1. The highest BCUT2D eigenvalue weighted by atomic mass is 35.5. The van der Waals surface area contributed by atoms with Crippen LogP contribution in [0, 0.1) is 25.2 Å². The van der Waals surface area contributed by atoms with E-state index in [4.69, 9.17) is 16.3 Å². The molecule has 0 heterocycles. The van der Waals surface area contributed by atoms with Crippen molar-refractivity contribution < 1.29 is 9.53 Å². The monoisotopic (exact) mass is 416 g/mol. The number of nitrogens with zero attached hydrogens (tertiary/aromatic N) is 1. The van der Waals surface area contributed by atoms with E-state index in [1.54, 1.807) is 18.2 Å². The lowest BCUT2D eigenvalue weighted by atomic mass is 10.1. The van der Waals surface area contributed by atoms with Crippen molar-refractivity contribution >= 4 is 29.3 Å². The number of carbonyl (C=O) groups is 1. The van der Waals surface area contributed by atoms with Gasteiger partial charge < -0.3 is 10.1 Å². The van der Waals surface area contributed by atoms with Gasteiger partial charge in [0.05, 0.1) is 0 Å². The second-order valence-corrected chi connectivity index (χ2v) is 7.32. The highest BCUT2D eigenvalue weighted by Crippen LogP contribution is 2.26. The maximum absolute atomic E-state index is 12.6. The zero-order valence-electron chi connectivity index (χ0n) is 16.8. The molecular formula is C25H21ClN2O2. The maximum Gasteiger partial charge on any atom is 0.266 e. The Morgan fingerprint density at radius 3 is 2.53 bits per heavy atom. The van der Waals surface area contributed by atoms with E-state index in [9.17, 15) is 10.1 Å². The first-order valence-corrected chi connectivity index (χ1v) is 9.81. The summed E-state index contributed by atoms with van der Waals surface area (Å²) in [6.07, 6.45) is 1.49. The molecule has 0 atom stereocenters. The number of rotatable bonds is 6. The lowest BCUT2D eigenvalue weighted by Crippen LogP contribution is -2.13. The van der Waals surface area contributed by atoms with Gasteiger partial charge in [-0.3, -0.25) is 4.79 Å². The molecule has 0 aromatic heterocycles. The van der Waals surface area contributed by atoms with Crippen molar-refractivity contribution in [1.82, 2.24) is 0 Å². The van der Waals surface area contributed by atoms with Crippen LogP contribution in [0.3, 0.4) is 0 Å². The Balaban J connectivity index is 1.83. The molecule has 0 aliphatic heterocycles. The second kappa shape index (κ2) is 9.78. The standard InChI is InChI=1S/C25H21ClN2O2/c1-17-8-10-23(12-18(17)2)28-25(29)21(15-27)13-20-14-22(26)9-11-24(20)30-16-19-6-4-3-5-7-19/h3-14H,16H2,1-2H3,(H,28,29)/b21-13+. The topological polar surface area (TPSA) is 62.1 Å². The zero-order valence-corrected chi connectivity index (χ0v) is 17.5. The van der Waals surface area contributed by atoms with Gasteiger partial charge in [0.15, 0.2) is 0 Å². The molecular weight excluding hydrogens is 396 g/mol. The van der Waals surface area contributed by atoms with Crippen LogP contribution in [0.2, 0.25) is 5.02 Å². The molecule has 3 rings (SSSR count). The Morgan fingerprint density at radius 1 is 1.07 bits per heavy atom. The van der Waals surface area contributed by atoms with Crippen LogP contribution in [-0.4, -0.2) is 5.91 Å². The molecule has 0 saturated heterocycles. The number of anilines is 1. The van der Waals surface area contributed by atoms with Crippen LogP contribution in [0.5, 0.6) is 5.75 Å². The quantitative estimate of drug-likeness (QED) is 0.391. The fraction of sp³-hybridized carbons (Fsp3) is 0.120. The van der Waals surface area contributed by atoms with E-state index >= 15 is 0 Å². The molecule has 3 aromatic carbocycles. The molecule has 0 saturated carbocycles. The summed E-state index contributed by atoms with van der Waals surface area (Å²) >= 11 is 6.13. The van der Waals surface area contributed by atoms with Crippen molar-refractivity contribution in [2.75, 3.05) is 5.32 Å². The van der Waals surface area contributed by atoms with E-state index in [0.29, 0.717) is 28.6 Å². The third-order valence-corrected chi connectivity index (χ3v) is 4.87. The molecule has 1 N–H and O–H groups in total. The number of hydrogen-bond acceptors (Lipinski definition) is 3. The van der Waals surface area contributed by atoms with Gasteiger partial charge in [-0.05, 0) is 66.9 Å². The number of ether oxygens (including phenoxy) is 1. The van der Waals surface area contributed by atoms with Crippen LogP contribution >= 0.6 is 11.6 Å². The first-order chi connectivity index (χ1) is 14.5. The molecule has 0 fully saturated rings. The highest BCUT2D eigenvalue weighted by molar-refractivity contribution is 6.30. The summed E-state index contributed by atoms with van der Waals surface area (Å²) in [6.45, 7) is 4.33. The predicted molar refractivity (Wildman–Crippen MR) is 120 cm³/mol. The predicted octanol–water partition coefficient (Wildman–Crippen LogP) is 6.08. The summed E-state index contributed by atoms with van der Waals surface area (Å²) in [6, 6.07) is 22.4. The average molecular weight is 417 g/mol. The minimum absolute atomic E-state index is 0.0416. The largest absolute Gasteiger partial charge is 0.488 e. The summed E-state index contributed by atoms with van der Waals surface area (Å²) in [5.74, 6) is 0.0460. The van der Waals surface area contributed by atoms with Crippen LogP contribution < -0.4 is 10.1 Å². The van der Waals surface area contributed by atoms with Crippen LogP contribution in [0.15, 0.2) is 72.3 Å². The minimum atomic E-state index is -0.491. The molecule has 5 heteroatoms. The molecule has 0 bridgehead atoms. The van der Waals surface area contributed by atoms with Crippen molar-refractivity contribution in [2.45, 2.75) is 20.5 Å². The number of aryl methyl sites for hydroxylation is 2. The van der Waals surface area contributed by atoms with Crippen LogP contribution in [0.4, 0.5) is 5.69 Å². The minimum Gasteiger partial charge on any atom is -0.488 e. The van der Waals surface area contributed by atoms with E-state index in [-0.39, 0.29) is 5.57 Å². The van der Waals surface area contributed by atoms with Crippen LogP contribution in [-0.2, 0) is 11.4 Å². The lowest BCUT2D eigenvalue weighted by molar-refractivity contribution is -0.112. The van der Waals surface area contributed by atoms with Crippen molar-refractivity contribution in [3.05, 3.63) is 99.6 Å². The molecule has 0 aliphatic carbocycles. The highest BCUT2D eigenvalue weighted by Gasteiger charge is 2.12. The summed E-state index contributed by atoms with van der Waals surface area (Å²) in [7, 11) is 0. The number of nitrogens with one attached hydrogen (secondary N) is 1. The zero-order chi connectivity index (χ0) is 21.5. The van der Waals surface area contributed by atoms with E-state index < -0.39 is 5.91 Å². The number of benzene rings is 3. The van der Waals surface area contributed by atoms with Gasteiger partial charge in [0.25, 0.3) is 5.91 Å². The Kier molecular flexibility index (Phi) is 6.90. The van der Waals surface area contributed by atoms with Crippen molar-refractivity contribution in [3.8, 4) is 11.8 Å². The fourth-order valence-electron chi connectivity index (χ4n) is 2.82. The molecule has 3 aromatic rings. The Hall–Kier alpha value is -3.55. The second-order valence-electron chi connectivity index (χ2n) is 6.88. The first-order valence-electron chi connectivity index (χ1n) is 9.43. The van der Waals surface area contributed by atoms with E-state index in [0.717, 1.165) is 16.7 Å². The molecule has 30 heavy (non-hydrogen) atoms. The summed E-state index contributed by atoms with van der Waals surface area (Å²) in [4.78, 5) is 12.6. The Morgan fingerprint density at radius 2 is 1.83 bits per heavy atom. The van der Waals surface area contributed by atoms with Crippen LogP contribution in [0.1, 0.15) is 22.3 Å². The summed E-state index contributed by atoms with van der Waals surface area (Å²) < 4.78 is 5.91. The lowest BCUT2D eigenvalue weighted by Gasteiger charge is -2.11. The molecule has 4 nitrogen and oxygen atoms in total. The maximum atomic E-state index is 12.6. The summed E-state index contributed by atoms with van der Waals surface area (Å²) in [5.41, 5.74) is 4.35. The smallest absolute Gasteiger partial charge is 0.266 e. The normalized spacial score (nSPS) is 10.9. The van der Waals surface area contributed by atoms with Crippen molar-refractivity contribution in [1.29, 1.82) is 5.26 Å². The van der Waals surface area contributed by atoms with Gasteiger partial charge in [-0.25, -0.2) is 0 Å². The third-order valence-electron chi connectivity index (χ3n) is 4.64. The molecule has 0 unspecified atom stereocenters. The van der Waals surface area contributed by atoms with Gasteiger partial charge in [-0.15, -0.1) is 0 Å². The van der Waals surface area contributed by atoms with Gasteiger partial charge >= 0.3 is 0 Å². The number of nitriles is 1. The van der Waals surface area contributed by atoms with E-state index in [1.807, 2.05) is 68.4 Å². The number of hydrogen-bond donors (Lipinski definition) is 1. The molecule has 0 aliphatic rings. The first kappa shape index (κ1) is 21.2. The van der Waals surface area contributed by atoms with Crippen molar-refractivity contribution in [3.63, 3.8) is 0 Å². The van der Waals surface area contributed by atoms with Gasteiger partial charge in [-0.2, -0.15) is 5.26 Å². The average Bonchev–Trinajstić information content (AvgIpc) is 2.74. The van der Waals surface area contributed by atoms with E-state index in [2.05, 4.69) is 5.32 Å². The molecule has 0 spiro atoms. The Bertz CT molecular complexity index is 1130. The van der Waals surface area contributed by atoms with Gasteiger partial charge in [0.1, 0.15) is 24.0 Å². The van der Waals surface area contributed by atoms with Gasteiger partial charge in [-0.1, -0.05) is 48.0 Å². The Labute approximate surface area is 181 Å². The fourth-order valence-corrected chi connectivity index (χ4v) is 3.00. The number of amides is 1. The third kappa shape index (κ3) is 5.50. The SMILES string of the molecule is Cc1ccc(NC(=O)/C(C#N)=C/c2cc(Cl)ccc2OCc2ccccc2)cc1C. The molecule has 1 amide bonds. The van der Waals surface area contributed by atoms with Gasteiger partial charge in [0.2, 0.25) is 0 Å². The van der Waals surface area contributed by atoms with Crippen molar-refractivity contribution in [2.24, 2.45) is 0 Å².